The Kier molecular flexibility index (Phi) is 2.90. The second kappa shape index (κ2) is 3.58. The first kappa shape index (κ1) is 12.2. The Morgan fingerprint density at radius 1 is 1.27 bits per heavy atom. The predicted molar refractivity (Wildman–Crippen MR) is 38.5 cm³/mol. The summed E-state index contributed by atoms with van der Waals surface area (Å²) in [6.45, 7) is -0.159. The number of hydrogen-bond acceptors (Lipinski definition) is 2. The van der Waals surface area contributed by atoms with E-state index in [4.69, 9.17) is 5.11 Å². The van der Waals surface area contributed by atoms with E-state index in [1.165, 1.54) is 0 Å². The zero-order valence-electron chi connectivity index (χ0n) is 7.31. The van der Waals surface area contributed by atoms with E-state index >= 15 is 0 Å². The van der Waals surface area contributed by atoms with E-state index < -0.39 is 36.4 Å². The third kappa shape index (κ3) is 2.04. The van der Waals surface area contributed by atoms with Gasteiger partial charge in [-0.15, -0.1) is 0 Å². The van der Waals surface area contributed by atoms with Crippen molar-refractivity contribution >= 4 is 5.97 Å². The molecular weight excluding hydrogens is 225 g/mol. The average molecular weight is 233 g/mol. The van der Waals surface area contributed by atoms with Crippen LogP contribution in [0, 0.1) is 5.92 Å². The van der Waals surface area contributed by atoms with Crippen LogP contribution in [0.25, 0.3) is 0 Å². The molecule has 0 amide bonds. The number of rotatable bonds is 2. The highest BCUT2D eigenvalue weighted by atomic mass is 19.4. The number of carboxylic acid groups (broad SMARTS) is 1. The van der Waals surface area contributed by atoms with Crippen LogP contribution in [0.5, 0.6) is 0 Å². The molecule has 15 heavy (non-hydrogen) atoms. The van der Waals surface area contributed by atoms with Gasteiger partial charge in [-0.25, -0.2) is 0 Å². The van der Waals surface area contributed by atoms with Crippen LogP contribution in [0.3, 0.4) is 0 Å². The molecule has 0 aromatic rings. The van der Waals surface area contributed by atoms with Gasteiger partial charge in [0.15, 0.2) is 0 Å². The lowest BCUT2D eigenvalue weighted by atomic mass is 9.93. The zero-order chi connectivity index (χ0) is 11.9. The molecule has 0 saturated carbocycles. The first-order valence-electron chi connectivity index (χ1n) is 4.08. The van der Waals surface area contributed by atoms with E-state index in [-0.39, 0.29) is 6.54 Å². The Bertz CT molecular complexity index is 265. The normalized spacial score (nSPS) is 28.1. The lowest BCUT2D eigenvalue weighted by Crippen LogP contribution is -2.50. The highest BCUT2D eigenvalue weighted by Gasteiger charge is 2.65. The molecule has 88 valence electrons. The third-order valence-electron chi connectivity index (χ3n) is 2.33. The maximum absolute atomic E-state index is 12.8. The van der Waals surface area contributed by atoms with Gasteiger partial charge in [-0.05, 0) is 13.0 Å². The minimum atomic E-state index is -5.71. The van der Waals surface area contributed by atoms with Gasteiger partial charge >= 0.3 is 18.1 Å². The fourth-order valence-electron chi connectivity index (χ4n) is 1.56. The number of aliphatic carboxylic acids is 1. The van der Waals surface area contributed by atoms with Gasteiger partial charge in [0, 0.05) is 0 Å². The summed E-state index contributed by atoms with van der Waals surface area (Å²) in [6.07, 6.45) is -6.22. The van der Waals surface area contributed by atoms with E-state index in [0.29, 0.717) is 0 Å². The van der Waals surface area contributed by atoms with Crippen LogP contribution in [-0.2, 0) is 4.79 Å². The van der Waals surface area contributed by atoms with E-state index in [2.05, 4.69) is 5.32 Å². The molecule has 1 aliphatic heterocycles. The Hall–Kier alpha value is -0.920. The van der Waals surface area contributed by atoms with Crippen LogP contribution in [-0.4, -0.2) is 35.8 Å². The van der Waals surface area contributed by atoms with Crippen molar-refractivity contribution in [3.63, 3.8) is 0 Å². The maximum Gasteiger partial charge on any atom is 0.453 e. The highest BCUT2D eigenvalue weighted by Crippen LogP contribution is 2.45. The van der Waals surface area contributed by atoms with Crippen molar-refractivity contribution in [2.24, 2.45) is 5.92 Å². The van der Waals surface area contributed by atoms with Crippen LogP contribution >= 0.6 is 0 Å². The van der Waals surface area contributed by atoms with Crippen molar-refractivity contribution in [3.8, 4) is 0 Å². The summed E-state index contributed by atoms with van der Waals surface area (Å²) in [5, 5.41) is 10.6. The van der Waals surface area contributed by atoms with Crippen LogP contribution in [0.4, 0.5) is 22.0 Å². The summed E-state index contributed by atoms with van der Waals surface area (Å²) >= 11 is 0. The summed E-state index contributed by atoms with van der Waals surface area (Å²) in [7, 11) is 0. The highest BCUT2D eigenvalue weighted by molar-refractivity contribution is 5.74. The summed E-state index contributed by atoms with van der Waals surface area (Å²) in [4.78, 5) is 10.4. The molecule has 0 unspecified atom stereocenters. The molecular formula is C7H8F5NO2. The minimum Gasteiger partial charge on any atom is -0.480 e. The molecule has 0 aliphatic carbocycles. The standard InChI is InChI=1S/C7H8F5NO2/c8-6(9,7(10,11)12)3-1-2-13-4(3)5(14)15/h3-4,13H,1-2H2,(H,14,15)/t3-,4-/m1/s1. The largest absolute Gasteiger partial charge is 0.480 e. The first-order chi connectivity index (χ1) is 6.68. The molecule has 1 heterocycles. The van der Waals surface area contributed by atoms with Crippen molar-refractivity contribution in [3.05, 3.63) is 0 Å². The van der Waals surface area contributed by atoms with Crippen LogP contribution < -0.4 is 5.32 Å². The molecule has 0 radical (unpaired) electrons. The molecule has 3 nitrogen and oxygen atoms in total. The van der Waals surface area contributed by atoms with E-state index in [1.54, 1.807) is 0 Å². The Balaban J connectivity index is 2.91. The lowest BCUT2D eigenvalue weighted by Gasteiger charge is -2.27. The van der Waals surface area contributed by atoms with Gasteiger partial charge in [-0.1, -0.05) is 0 Å². The van der Waals surface area contributed by atoms with Crippen molar-refractivity contribution < 1.29 is 31.9 Å². The molecule has 1 fully saturated rings. The molecule has 0 aromatic carbocycles. The molecule has 8 heteroatoms. The van der Waals surface area contributed by atoms with Gasteiger partial charge in [0.2, 0.25) is 0 Å². The molecule has 0 bridgehead atoms. The lowest BCUT2D eigenvalue weighted by molar-refractivity contribution is -0.303. The zero-order valence-corrected chi connectivity index (χ0v) is 7.31. The predicted octanol–water partition coefficient (Wildman–Crippen LogP) is 1.25. The van der Waals surface area contributed by atoms with Crippen molar-refractivity contribution in [2.75, 3.05) is 6.54 Å². The Labute approximate surface area is 81.3 Å². The fraction of sp³-hybridized carbons (Fsp3) is 0.857. The molecule has 2 N–H and O–H groups in total. The van der Waals surface area contributed by atoms with Crippen LogP contribution in [0.15, 0.2) is 0 Å². The average Bonchev–Trinajstić information content (AvgIpc) is 2.48. The maximum atomic E-state index is 12.8. The van der Waals surface area contributed by atoms with Crippen molar-refractivity contribution in [1.29, 1.82) is 0 Å². The summed E-state index contributed by atoms with van der Waals surface area (Å²) < 4.78 is 61.5. The smallest absolute Gasteiger partial charge is 0.453 e. The molecule has 0 aromatic heterocycles. The van der Waals surface area contributed by atoms with Gasteiger partial charge in [-0.2, -0.15) is 22.0 Å². The Morgan fingerprint density at radius 2 is 1.80 bits per heavy atom. The van der Waals surface area contributed by atoms with Crippen LogP contribution in [0.1, 0.15) is 6.42 Å². The number of alkyl halides is 5. The SMILES string of the molecule is O=C(O)[C@@H]1NCC[C@H]1C(F)(F)C(F)(F)F. The van der Waals surface area contributed by atoms with Gasteiger partial charge in [0.1, 0.15) is 6.04 Å². The monoisotopic (exact) mass is 233 g/mol. The molecule has 1 saturated heterocycles. The second-order valence-corrected chi connectivity index (χ2v) is 3.29. The molecule has 0 spiro atoms. The quantitative estimate of drug-likeness (QED) is 0.705. The molecule has 2 atom stereocenters. The number of halogens is 5. The van der Waals surface area contributed by atoms with E-state index in [0.717, 1.165) is 0 Å². The number of hydrogen-bond donors (Lipinski definition) is 2. The first-order valence-corrected chi connectivity index (χ1v) is 4.08. The number of carboxylic acids is 1. The Morgan fingerprint density at radius 3 is 2.20 bits per heavy atom. The van der Waals surface area contributed by atoms with Gasteiger partial charge in [0.25, 0.3) is 0 Å². The van der Waals surface area contributed by atoms with E-state index in [9.17, 15) is 26.7 Å². The van der Waals surface area contributed by atoms with Crippen molar-refractivity contribution in [2.45, 2.75) is 24.6 Å². The molecule has 1 rings (SSSR count). The number of nitrogens with one attached hydrogen (secondary N) is 1. The minimum absolute atomic E-state index is 0.159. The summed E-state index contributed by atoms with van der Waals surface area (Å²) in [5.74, 6) is -8.91. The van der Waals surface area contributed by atoms with Gasteiger partial charge in [-0.3, -0.25) is 4.79 Å². The third-order valence-corrected chi connectivity index (χ3v) is 2.33. The van der Waals surface area contributed by atoms with Gasteiger partial charge in [0.05, 0.1) is 5.92 Å². The van der Waals surface area contributed by atoms with E-state index in [1.807, 2.05) is 0 Å². The molecule has 1 aliphatic rings. The topological polar surface area (TPSA) is 49.3 Å². The van der Waals surface area contributed by atoms with Crippen molar-refractivity contribution in [1.82, 2.24) is 5.32 Å². The fourth-order valence-corrected chi connectivity index (χ4v) is 1.56. The number of carbonyl (C=O) groups is 1. The summed E-state index contributed by atoms with van der Waals surface area (Å²) in [5.41, 5.74) is 0. The second-order valence-electron chi connectivity index (χ2n) is 3.29. The van der Waals surface area contributed by atoms with Crippen LogP contribution in [0.2, 0.25) is 0 Å². The van der Waals surface area contributed by atoms with Gasteiger partial charge < -0.3 is 10.4 Å². The summed E-state index contributed by atoms with van der Waals surface area (Å²) in [6, 6.07) is -1.85.